The zero-order valence-electron chi connectivity index (χ0n) is 11.4. The Morgan fingerprint density at radius 3 is 2.60 bits per heavy atom. The van der Waals surface area contributed by atoms with Crippen molar-refractivity contribution >= 4 is 23.6 Å². The lowest BCUT2D eigenvalue weighted by atomic mass is 9.99. The Morgan fingerprint density at radius 1 is 1.05 bits per heavy atom. The average Bonchev–Trinajstić information content (AvgIpc) is 2.62. The van der Waals surface area contributed by atoms with Crippen molar-refractivity contribution in [1.82, 2.24) is 0 Å². The minimum atomic E-state index is 0.172. The van der Waals surface area contributed by atoms with Crippen LogP contribution < -0.4 is 0 Å². The van der Waals surface area contributed by atoms with E-state index in [1.807, 2.05) is 30.3 Å². The molecule has 100 valence electrons. The van der Waals surface area contributed by atoms with Crippen LogP contribution >= 0.6 is 11.8 Å². The number of hydrogen-bond donors (Lipinski definition) is 0. The van der Waals surface area contributed by atoms with Crippen molar-refractivity contribution in [3.8, 4) is 0 Å². The second-order valence-electron chi connectivity index (χ2n) is 5.00. The van der Waals surface area contributed by atoms with E-state index in [1.54, 1.807) is 11.8 Å². The van der Waals surface area contributed by atoms with Crippen molar-refractivity contribution in [3.05, 3.63) is 70.8 Å². The van der Waals surface area contributed by atoms with Crippen LogP contribution in [0, 0.1) is 6.92 Å². The lowest BCUT2D eigenvalue weighted by Gasteiger charge is -2.04. The molecule has 20 heavy (non-hydrogen) atoms. The summed E-state index contributed by atoms with van der Waals surface area (Å²) in [4.78, 5) is 13.7. The zero-order chi connectivity index (χ0) is 13.9. The van der Waals surface area contributed by atoms with E-state index in [4.69, 9.17) is 0 Å². The summed E-state index contributed by atoms with van der Waals surface area (Å²) in [5.41, 5.74) is 4.09. The quantitative estimate of drug-likeness (QED) is 0.701. The number of fused-ring (bicyclic) bond motifs is 1. The van der Waals surface area contributed by atoms with Gasteiger partial charge in [0.25, 0.3) is 0 Å². The average molecular weight is 280 g/mol. The van der Waals surface area contributed by atoms with Gasteiger partial charge < -0.3 is 0 Å². The number of Topliss-reactive ketones (excluding diaryl/α,β-unsaturated/α-hetero) is 1. The molecule has 1 aliphatic rings. The molecule has 0 unspecified atom stereocenters. The highest BCUT2D eigenvalue weighted by Gasteiger charge is 2.19. The summed E-state index contributed by atoms with van der Waals surface area (Å²) in [6.07, 6.45) is 2.86. The molecule has 0 bridgehead atoms. The molecular weight excluding hydrogens is 264 g/mol. The Morgan fingerprint density at radius 2 is 1.80 bits per heavy atom. The summed E-state index contributed by atoms with van der Waals surface area (Å²) in [6, 6.07) is 16.2. The summed E-state index contributed by atoms with van der Waals surface area (Å²) in [7, 11) is 0. The minimum Gasteiger partial charge on any atom is -0.289 e. The van der Waals surface area contributed by atoms with Gasteiger partial charge in [-0.3, -0.25) is 4.79 Å². The van der Waals surface area contributed by atoms with Crippen molar-refractivity contribution in [1.29, 1.82) is 0 Å². The smallest absolute Gasteiger partial charge is 0.190 e. The third-order valence-electron chi connectivity index (χ3n) is 3.47. The van der Waals surface area contributed by atoms with E-state index in [2.05, 4.69) is 31.2 Å². The number of thioether (sulfide) groups is 1. The standard InChI is InChI=1S/C18H16OS/c1-13-6-8-14(9-7-13)12-15-10-11-20-17-5-3-2-4-16(17)18(15)19/h2-9,12H,10-11H2,1H3/b15-12-. The van der Waals surface area contributed by atoms with Crippen LogP contribution in [0.5, 0.6) is 0 Å². The maximum absolute atomic E-state index is 12.6. The van der Waals surface area contributed by atoms with Gasteiger partial charge in [-0.15, -0.1) is 11.8 Å². The second kappa shape index (κ2) is 5.68. The highest BCUT2D eigenvalue weighted by molar-refractivity contribution is 7.99. The van der Waals surface area contributed by atoms with Crippen LogP contribution in [0.3, 0.4) is 0 Å². The molecule has 0 saturated carbocycles. The number of ketones is 1. The lowest BCUT2D eigenvalue weighted by molar-refractivity contribution is 0.103. The predicted molar refractivity (Wildman–Crippen MR) is 85.3 cm³/mol. The van der Waals surface area contributed by atoms with Gasteiger partial charge in [-0.1, -0.05) is 42.0 Å². The Kier molecular flexibility index (Phi) is 3.75. The summed E-state index contributed by atoms with van der Waals surface area (Å²) in [5, 5.41) is 0. The molecule has 0 spiro atoms. The summed E-state index contributed by atoms with van der Waals surface area (Å²) in [6.45, 7) is 2.07. The van der Waals surface area contributed by atoms with Crippen LogP contribution in [0.15, 0.2) is 59.0 Å². The SMILES string of the molecule is Cc1ccc(/C=C2/CCSc3ccccc3C2=O)cc1. The van der Waals surface area contributed by atoms with Crippen molar-refractivity contribution in [2.75, 3.05) is 5.75 Å². The molecule has 0 aliphatic carbocycles. The molecule has 2 aromatic rings. The van der Waals surface area contributed by atoms with Gasteiger partial charge in [0.05, 0.1) is 0 Å². The van der Waals surface area contributed by atoms with Crippen molar-refractivity contribution in [3.63, 3.8) is 0 Å². The van der Waals surface area contributed by atoms with Gasteiger partial charge in [-0.2, -0.15) is 0 Å². The van der Waals surface area contributed by atoms with Crippen molar-refractivity contribution in [2.45, 2.75) is 18.2 Å². The van der Waals surface area contributed by atoms with E-state index in [0.717, 1.165) is 33.8 Å². The maximum Gasteiger partial charge on any atom is 0.190 e. The van der Waals surface area contributed by atoms with E-state index in [0.29, 0.717) is 0 Å². The molecule has 1 heterocycles. The van der Waals surface area contributed by atoms with Crippen LogP contribution in [0.2, 0.25) is 0 Å². The normalized spacial score (nSPS) is 16.9. The molecule has 0 atom stereocenters. The number of hydrogen-bond acceptors (Lipinski definition) is 2. The Bertz CT molecular complexity index is 668. The summed E-state index contributed by atoms with van der Waals surface area (Å²) < 4.78 is 0. The van der Waals surface area contributed by atoms with Crippen LogP contribution in [-0.2, 0) is 0 Å². The van der Waals surface area contributed by atoms with Crippen molar-refractivity contribution in [2.24, 2.45) is 0 Å². The maximum atomic E-state index is 12.6. The van der Waals surface area contributed by atoms with Gasteiger partial charge in [0.2, 0.25) is 0 Å². The number of carbonyl (C=O) groups is 1. The van der Waals surface area contributed by atoms with Gasteiger partial charge >= 0.3 is 0 Å². The summed E-state index contributed by atoms with van der Waals surface area (Å²) >= 11 is 1.77. The molecule has 2 heteroatoms. The molecular formula is C18H16OS. The number of rotatable bonds is 1. The molecule has 0 aromatic heterocycles. The fourth-order valence-corrected chi connectivity index (χ4v) is 3.37. The first-order valence-corrected chi connectivity index (χ1v) is 7.76. The Balaban J connectivity index is 1.98. The van der Waals surface area contributed by atoms with Crippen LogP contribution in [0.25, 0.3) is 6.08 Å². The number of aryl methyl sites for hydroxylation is 1. The van der Waals surface area contributed by atoms with Gasteiger partial charge in [-0.05, 0) is 37.1 Å². The highest BCUT2D eigenvalue weighted by Crippen LogP contribution is 2.31. The second-order valence-corrected chi connectivity index (χ2v) is 6.14. The molecule has 0 amide bonds. The van der Waals surface area contributed by atoms with Gasteiger partial charge in [0.15, 0.2) is 5.78 Å². The molecule has 0 saturated heterocycles. The molecule has 3 rings (SSSR count). The molecule has 0 fully saturated rings. The minimum absolute atomic E-state index is 0.172. The monoisotopic (exact) mass is 280 g/mol. The van der Waals surface area contributed by atoms with E-state index in [9.17, 15) is 4.79 Å². The molecule has 1 aliphatic heterocycles. The lowest BCUT2D eigenvalue weighted by Crippen LogP contribution is -2.02. The Labute approximate surface area is 123 Å². The van der Waals surface area contributed by atoms with Gasteiger partial charge in [-0.25, -0.2) is 0 Å². The molecule has 2 aromatic carbocycles. The summed E-state index contributed by atoms with van der Waals surface area (Å²) in [5.74, 6) is 1.13. The first-order chi connectivity index (χ1) is 9.74. The van der Waals surface area contributed by atoms with Crippen LogP contribution in [0.1, 0.15) is 27.9 Å². The highest BCUT2D eigenvalue weighted by atomic mass is 32.2. The molecule has 0 radical (unpaired) electrons. The van der Waals surface area contributed by atoms with E-state index in [1.165, 1.54) is 5.56 Å². The number of benzene rings is 2. The number of allylic oxidation sites excluding steroid dienone is 1. The van der Waals surface area contributed by atoms with Crippen LogP contribution in [0.4, 0.5) is 0 Å². The first kappa shape index (κ1) is 13.2. The van der Waals surface area contributed by atoms with E-state index >= 15 is 0 Å². The van der Waals surface area contributed by atoms with Gasteiger partial charge in [0, 0.05) is 21.8 Å². The predicted octanol–water partition coefficient (Wildman–Crippen LogP) is 4.76. The van der Waals surface area contributed by atoms with Crippen LogP contribution in [-0.4, -0.2) is 11.5 Å². The molecule has 1 nitrogen and oxygen atoms in total. The fourth-order valence-electron chi connectivity index (χ4n) is 2.34. The Hall–Kier alpha value is -1.80. The topological polar surface area (TPSA) is 17.1 Å². The number of carbonyl (C=O) groups excluding carboxylic acids is 1. The van der Waals surface area contributed by atoms with E-state index < -0.39 is 0 Å². The fraction of sp³-hybridized carbons (Fsp3) is 0.167. The molecule has 0 N–H and O–H groups in total. The third-order valence-corrected chi connectivity index (χ3v) is 4.55. The van der Waals surface area contributed by atoms with Gasteiger partial charge in [0.1, 0.15) is 0 Å². The zero-order valence-corrected chi connectivity index (χ0v) is 12.2. The largest absolute Gasteiger partial charge is 0.289 e. The van der Waals surface area contributed by atoms with E-state index in [-0.39, 0.29) is 5.78 Å². The third kappa shape index (κ3) is 2.70. The van der Waals surface area contributed by atoms with Crippen molar-refractivity contribution < 1.29 is 4.79 Å². The first-order valence-electron chi connectivity index (χ1n) is 6.78.